The lowest BCUT2D eigenvalue weighted by Crippen LogP contribution is -2.07. The summed E-state index contributed by atoms with van der Waals surface area (Å²) in [6, 6.07) is 11.5. The SMILES string of the molecule is C=CC(=O)OCCCCCCCCCCCOc1ccc(C(O)Oc2ccc(OCCCCCCCC)c(F)c2)cc1. The minimum absolute atomic E-state index is 0.198. The van der Waals surface area contributed by atoms with Gasteiger partial charge in [-0.05, 0) is 55.7 Å². The fraction of sp³-hybridized carbons (Fsp3) is 0.571. The van der Waals surface area contributed by atoms with E-state index in [1.54, 1.807) is 36.4 Å². The van der Waals surface area contributed by atoms with Crippen molar-refractivity contribution in [3.05, 3.63) is 66.5 Å². The van der Waals surface area contributed by atoms with Crippen molar-refractivity contribution >= 4 is 5.97 Å². The van der Waals surface area contributed by atoms with Gasteiger partial charge in [0, 0.05) is 17.7 Å². The molecule has 0 radical (unpaired) electrons. The van der Waals surface area contributed by atoms with E-state index in [-0.39, 0.29) is 17.5 Å². The highest BCUT2D eigenvalue weighted by Crippen LogP contribution is 2.27. The van der Waals surface area contributed by atoms with E-state index in [2.05, 4.69) is 13.5 Å². The van der Waals surface area contributed by atoms with Crippen LogP contribution >= 0.6 is 0 Å². The molecule has 234 valence electrons. The quantitative estimate of drug-likeness (QED) is 0.0541. The molecular weight excluding hydrogens is 535 g/mol. The van der Waals surface area contributed by atoms with Gasteiger partial charge in [-0.25, -0.2) is 9.18 Å². The van der Waals surface area contributed by atoms with E-state index in [4.69, 9.17) is 18.9 Å². The minimum Gasteiger partial charge on any atom is -0.494 e. The van der Waals surface area contributed by atoms with Gasteiger partial charge in [0.25, 0.3) is 0 Å². The molecule has 0 saturated heterocycles. The molecule has 0 aliphatic rings. The number of hydrogen-bond acceptors (Lipinski definition) is 6. The summed E-state index contributed by atoms with van der Waals surface area (Å²) < 4.78 is 36.4. The molecule has 0 aromatic heterocycles. The topological polar surface area (TPSA) is 74.2 Å². The maximum Gasteiger partial charge on any atom is 0.330 e. The first-order valence-corrected chi connectivity index (χ1v) is 15.8. The second-order valence-electron chi connectivity index (χ2n) is 10.6. The molecule has 0 heterocycles. The van der Waals surface area contributed by atoms with E-state index >= 15 is 0 Å². The minimum atomic E-state index is -1.22. The van der Waals surface area contributed by atoms with Crippen molar-refractivity contribution in [3.8, 4) is 17.2 Å². The van der Waals surface area contributed by atoms with Gasteiger partial charge in [-0.3, -0.25) is 0 Å². The number of ether oxygens (including phenoxy) is 4. The molecule has 42 heavy (non-hydrogen) atoms. The van der Waals surface area contributed by atoms with Gasteiger partial charge in [0.05, 0.1) is 19.8 Å². The molecule has 2 rings (SSSR count). The number of rotatable bonds is 25. The summed E-state index contributed by atoms with van der Waals surface area (Å²) in [5, 5.41) is 10.5. The Labute approximate surface area is 252 Å². The number of esters is 1. The molecule has 0 amide bonds. The van der Waals surface area contributed by atoms with Gasteiger partial charge < -0.3 is 24.1 Å². The summed E-state index contributed by atoms with van der Waals surface area (Å²) in [6.45, 7) is 7.19. The second kappa shape index (κ2) is 22.5. The van der Waals surface area contributed by atoms with Crippen LogP contribution in [0, 0.1) is 5.82 Å². The number of aliphatic hydroxyl groups excluding tert-OH is 1. The normalized spacial score (nSPS) is 11.6. The van der Waals surface area contributed by atoms with Crippen LogP contribution in [0.3, 0.4) is 0 Å². The molecule has 6 nitrogen and oxygen atoms in total. The lowest BCUT2D eigenvalue weighted by atomic mass is 10.1. The molecule has 0 fully saturated rings. The third kappa shape index (κ3) is 15.8. The maximum absolute atomic E-state index is 14.4. The summed E-state index contributed by atoms with van der Waals surface area (Å²) in [6.07, 6.45) is 17.0. The van der Waals surface area contributed by atoms with Crippen molar-refractivity contribution in [1.29, 1.82) is 0 Å². The summed E-state index contributed by atoms with van der Waals surface area (Å²) in [5.74, 6) is 0.321. The zero-order valence-electron chi connectivity index (χ0n) is 25.5. The molecule has 0 bridgehead atoms. The Kier molecular flexibility index (Phi) is 18.8. The number of carbonyl (C=O) groups is 1. The molecule has 0 saturated carbocycles. The van der Waals surface area contributed by atoms with Crippen LogP contribution < -0.4 is 14.2 Å². The van der Waals surface area contributed by atoms with Gasteiger partial charge in [0.15, 0.2) is 11.6 Å². The second-order valence-corrected chi connectivity index (χ2v) is 10.6. The molecule has 0 spiro atoms. The molecular formula is C35H51FO6. The Hall–Kier alpha value is -3.06. The molecule has 1 N–H and O–H groups in total. The largest absolute Gasteiger partial charge is 0.494 e. The fourth-order valence-corrected chi connectivity index (χ4v) is 4.53. The number of benzene rings is 2. The molecule has 0 aliphatic carbocycles. The average Bonchev–Trinajstić information content (AvgIpc) is 3.00. The van der Waals surface area contributed by atoms with E-state index in [1.807, 2.05) is 0 Å². The molecule has 2 aromatic carbocycles. The lowest BCUT2D eigenvalue weighted by molar-refractivity contribution is -0.137. The van der Waals surface area contributed by atoms with E-state index in [9.17, 15) is 14.3 Å². The fourth-order valence-electron chi connectivity index (χ4n) is 4.53. The zero-order valence-corrected chi connectivity index (χ0v) is 25.5. The highest BCUT2D eigenvalue weighted by Gasteiger charge is 2.12. The van der Waals surface area contributed by atoms with Crippen LogP contribution in [-0.2, 0) is 9.53 Å². The van der Waals surface area contributed by atoms with Gasteiger partial charge in [0.2, 0.25) is 6.29 Å². The molecule has 7 heteroatoms. The Morgan fingerprint density at radius 2 is 1.29 bits per heavy atom. The Morgan fingerprint density at radius 3 is 1.86 bits per heavy atom. The van der Waals surface area contributed by atoms with Crippen molar-refractivity contribution in [3.63, 3.8) is 0 Å². The lowest BCUT2D eigenvalue weighted by Gasteiger charge is -2.15. The van der Waals surface area contributed by atoms with Gasteiger partial charge in [-0.1, -0.05) is 90.6 Å². The molecule has 2 aromatic rings. The number of hydrogen-bond donors (Lipinski definition) is 1. The van der Waals surface area contributed by atoms with Crippen LogP contribution in [0.25, 0.3) is 0 Å². The molecule has 0 aliphatic heterocycles. The Balaban J connectivity index is 1.54. The van der Waals surface area contributed by atoms with E-state index in [0.29, 0.717) is 25.4 Å². The van der Waals surface area contributed by atoms with Crippen LogP contribution in [0.4, 0.5) is 4.39 Å². The van der Waals surface area contributed by atoms with Gasteiger partial charge in [-0.2, -0.15) is 0 Å². The Morgan fingerprint density at radius 1 is 0.762 bits per heavy atom. The first-order chi connectivity index (χ1) is 20.5. The van der Waals surface area contributed by atoms with Crippen LogP contribution in [0.5, 0.6) is 17.2 Å². The van der Waals surface area contributed by atoms with Crippen LogP contribution in [-0.4, -0.2) is 30.9 Å². The monoisotopic (exact) mass is 586 g/mol. The van der Waals surface area contributed by atoms with Crippen LogP contribution in [0.1, 0.15) is 115 Å². The van der Waals surface area contributed by atoms with E-state index in [0.717, 1.165) is 44.3 Å². The Bertz CT molecular complexity index is 993. The number of halogens is 1. The predicted molar refractivity (Wildman–Crippen MR) is 166 cm³/mol. The van der Waals surface area contributed by atoms with Crippen molar-refractivity contribution in [2.75, 3.05) is 19.8 Å². The molecule has 1 atom stereocenters. The standard InChI is InChI=1S/C35H51FO6/c1-3-5-6-7-13-17-26-40-33-24-23-31(28-32(33)36)42-35(38)29-19-21-30(22-20-29)39-25-16-14-11-9-8-10-12-15-18-27-41-34(37)4-2/h4,19-24,28,35,38H,2-3,5-18,25-27H2,1H3. The summed E-state index contributed by atoms with van der Waals surface area (Å²) in [5.41, 5.74) is 0.559. The van der Waals surface area contributed by atoms with E-state index < -0.39 is 12.1 Å². The van der Waals surface area contributed by atoms with Gasteiger partial charge in [0.1, 0.15) is 11.5 Å². The number of carbonyl (C=O) groups excluding carboxylic acids is 1. The zero-order chi connectivity index (χ0) is 30.3. The third-order valence-corrected chi connectivity index (χ3v) is 7.04. The van der Waals surface area contributed by atoms with Gasteiger partial charge >= 0.3 is 5.97 Å². The highest BCUT2D eigenvalue weighted by atomic mass is 19.1. The number of aliphatic hydroxyl groups is 1. The first-order valence-electron chi connectivity index (χ1n) is 15.8. The summed E-state index contributed by atoms with van der Waals surface area (Å²) in [4.78, 5) is 11.0. The van der Waals surface area contributed by atoms with Crippen LogP contribution in [0.2, 0.25) is 0 Å². The predicted octanol–water partition coefficient (Wildman–Crippen LogP) is 9.25. The van der Waals surface area contributed by atoms with Crippen LogP contribution in [0.15, 0.2) is 55.1 Å². The highest BCUT2D eigenvalue weighted by molar-refractivity contribution is 5.81. The smallest absolute Gasteiger partial charge is 0.330 e. The summed E-state index contributed by atoms with van der Waals surface area (Å²) in [7, 11) is 0. The third-order valence-electron chi connectivity index (χ3n) is 7.04. The maximum atomic E-state index is 14.4. The van der Waals surface area contributed by atoms with Crippen molar-refractivity contribution in [2.45, 2.75) is 110 Å². The van der Waals surface area contributed by atoms with Gasteiger partial charge in [-0.15, -0.1) is 0 Å². The average molecular weight is 587 g/mol. The van der Waals surface area contributed by atoms with Crippen molar-refractivity contribution in [1.82, 2.24) is 0 Å². The van der Waals surface area contributed by atoms with Crippen molar-refractivity contribution < 1.29 is 33.2 Å². The van der Waals surface area contributed by atoms with Crippen molar-refractivity contribution in [2.24, 2.45) is 0 Å². The molecule has 1 unspecified atom stereocenters. The number of unbranched alkanes of at least 4 members (excludes halogenated alkanes) is 13. The first kappa shape index (κ1) is 35.1. The van der Waals surface area contributed by atoms with E-state index in [1.165, 1.54) is 69.9 Å². The summed E-state index contributed by atoms with van der Waals surface area (Å²) >= 11 is 0.